The van der Waals surface area contributed by atoms with E-state index in [9.17, 15) is 0 Å². The van der Waals surface area contributed by atoms with Crippen molar-refractivity contribution in [3.63, 3.8) is 0 Å². The first-order valence-corrected chi connectivity index (χ1v) is 22.1. The molecule has 0 N–H and O–H groups in total. The molecule has 1 nitrogen and oxygen atoms in total. The number of hydrogen-bond donors (Lipinski definition) is 0. The van der Waals surface area contributed by atoms with Gasteiger partial charge >= 0.3 is 178 Å². The molecule has 0 spiro atoms. The quantitative estimate of drug-likeness (QED) is 0.171. The van der Waals surface area contributed by atoms with Crippen LogP contribution in [0.5, 0.6) is 0 Å². The molecule has 0 amide bonds. The van der Waals surface area contributed by atoms with Crippen LogP contribution in [-0.4, -0.2) is 33.3 Å². The van der Waals surface area contributed by atoms with Crippen LogP contribution in [-0.2, 0) is 4.43 Å². The van der Waals surface area contributed by atoms with E-state index in [2.05, 4.69) is 77.8 Å². The van der Waals surface area contributed by atoms with Crippen LogP contribution >= 0.6 is 0 Å². The molecule has 0 rings (SSSR count). The topological polar surface area (TPSA) is 9.23 Å². The van der Waals surface area contributed by atoms with Crippen LogP contribution in [0.1, 0.15) is 87.0 Å². The minimum absolute atomic E-state index is 0.287. The third-order valence-electron chi connectivity index (χ3n) is 6.38. The van der Waals surface area contributed by atoms with Crippen molar-refractivity contribution in [2.75, 3.05) is 6.61 Å². The van der Waals surface area contributed by atoms with Gasteiger partial charge in [0, 0.05) is 0 Å². The van der Waals surface area contributed by atoms with Gasteiger partial charge < -0.3 is 0 Å². The second-order valence-corrected chi connectivity index (χ2v) is 27.9. The Morgan fingerprint density at radius 1 is 0.889 bits per heavy atom. The molecule has 0 heterocycles. The normalized spacial score (nSPS) is 14.3. The maximum absolute atomic E-state index is 6.39. The Labute approximate surface area is 177 Å². The molecular weight excluding hydrogens is 451 g/mol. The van der Waals surface area contributed by atoms with Crippen LogP contribution in [0.3, 0.4) is 0 Å². The van der Waals surface area contributed by atoms with E-state index in [0.29, 0.717) is 0 Å². The molecule has 0 unspecified atom stereocenters. The molecule has 3 heteroatoms. The van der Waals surface area contributed by atoms with E-state index in [1.54, 1.807) is 13.3 Å². The monoisotopic (exact) mass is 502 g/mol. The molecule has 27 heavy (non-hydrogen) atoms. The van der Waals surface area contributed by atoms with Crippen molar-refractivity contribution in [1.29, 1.82) is 0 Å². The molecule has 160 valence electrons. The molecule has 0 radical (unpaired) electrons. The van der Waals surface area contributed by atoms with Crippen molar-refractivity contribution in [3.8, 4) is 0 Å². The Morgan fingerprint density at radius 3 is 1.70 bits per heavy atom. The average Bonchev–Trinajstić information content (AvgIpc) is 2.60. The molecule has 0 aromatic carbocycles. The van der Waals surface area contributed by atoms with E-state index in [1.807, 2.05) is 0 Å². The number of allylic oxidation sites excluding steroid dienone is 2. The molecule has 0 aliphatic carbocycles. The van der Waals surface area contributed by atoms with E-state index in [4.69, 9.17) is 4.43 Å². The molecule has 0 saturated heterocycles. The fourth-order valence-corrected chi connectivity index (χ4v) is 18.3. The summed E-state index contributed by atoms with van der Waals surface area (Å²) in [5.41, 5.74) is 1.37. The van der Waals surface area contributed by atoms with Gasteiger partial charge in [-0.25, -0.2) is 0 Å². The Balaban J connectivity index is 5.09. The molecule has 0 aliphatic rings. The van der Waals surface area contributed by atoms with Crippen molar-refractivity contribution in [1.82, 2.24) is 0 Å². The molecule has 0 aliphatic heterocycles. The second-order valence-electron chi connectivity index (χ2n) is 10.1. The summed E-state index contributed by atoms with van der Waals surface area (Å²) in [5, 5.41) is 0.287. The zero-order valence-corrected chi connectivity index (χ0v) is 24.1. The standard InChI is InChI=1S/C12H23OSi.3C4H9.Sn/c1-8-9-11(2)10-13-14(6,7)12(3,4)5;3*1-3-4-2;/h1,8-9H,10H2,2-7H3;3*1,3-4H2,2H3;/b8-1?,11-9+;;;;. The average molecular weight is 501 g/mol. The number of rotatable bonds is 14. The number of unbranched alkanes of at least 4 members (excludes halogenated alkanes) is 3. The predicted octanol–water partition coefficient (Wildman–Crippen LogP) is 8.90. The second kappa shape index (κ2) is 13.6. The SMILES string of the molecule is CCC[CH2][Sn](/[CH]=C/C=C(\C)CO[Si](C)(C)C(C)(C)C)([CH2]CCC)[CH2]CCC. The summed E-state index contributed by atoms with van der Waals surface area (Å²) in [5.74, 6) is 0. The first-order valence-electron chi connectivity index (χ1n) is 11.5. The Hall–Kier alpha value is 0.456. The molecule has 0 aromatic rings. The van der Waals surface area contributed by atoms with Crippen LogP contribution in [0.15, 0.2) is 21.8 Å². The summed E-state index contributed by atoms with van der Waals surface area (Å²) >= 11 is -2.13. The van der Waals surface area contributed by atoms with Gasteiger partial charge in [-0.3, -0.25) is 0 Å². The van der Waals surface area contributed by atoms with Crippen molar-refractivity contribution in [2.24, 2.45) is 0 Å². The molecule has 0 bridgehead atoms. The summed E-state index contributed by atoms with van der Waals surface area (Å²) in [6, 6.07) is 0. The third kappa shape index (κ3) is 11.3. The first-order chi connectivity index (χ1) is 12.5. The Bertz CT molecular complexity index is 424. The summed E-state index contributed by atoms with van der Waals surface area (Å²) in [4.78, 5) is 0. The van der Waals surface area contributed by atoms with Crippen molar-refractivity contribution < 1.29 is 4.43 Å². The summed E-state index contributed by atoms with van der Waals surface area (Å²) in [6.07, 6.45) is 13.1. The number of hydrogen-bond acceptors (Lipinski definition) is 1. The van der Waals surface area contributed by atoms with Gasteiger partial charge in [-0.05, 0) is 0 Å². The molecule has 0 fully saturated rings. The van der Waals surface area contributed by atoms with Crippen LogP contribution in [0, 0.1) is 0 Å². The molecule has 0 atom stereocenters. The van der Waals surface area contributed by atoms with E-state index in [-0.39, 0.29) is 5.04 Å². The van der Waals surface area contributed by atoms with Crippen LogP contribution < -0.4 is 0 Å². The summed E-state index contributed by atoms with van der Waals surface area (Å²) in [7, 11) is -1.65. The maximum atomic E-state index is 6.39. The molecule has 0 saturated carbocycles. The first kappa shape index (κ1) is 27.5. The van der Waals surface area contributed by atoms with E-state index >= 15 is 0 Å². The Kier molecular flexibility index (Phi) is 13.9. The van der Waals surface area contributed by atoms with Gasteiger partial charge in [0.05, 0.1) is 0 Å². The van der Waals surface area contributed by atoms with Crippen LogP contribution in [0.2, 0.25) is 31.4 Å². The van der Waals surface area contributed by atoms with Crippen LogP contribution in [0.4, 0.5) is 0 Å². The molecule has 0 aromatic heterocycles. The van der Waals surface area contributed by atoms with Gasteiger partial charge in [-0.1, -0.05) is 0 Å². The van der Waals surface area contributed by atoms with Crippen molar-refractivity contribution in [2.45, 2.75) is 118 Å². The Morgan fingerprint density at radius 2 is 1.33 bits per heavy atom. The third-order valence-corrected chi connectivity index (χ3v) is 25.0. The zero-order chi connectivity index (χ0) is 21.0. The van der Waals surface area contributed by atoms with Gasteiger partial charge in [-0.15, -0.1) is 0 Å². The fourth-order valence-electron chi connectivity index (χ4n) is 3.19. The van der Waals surface area contributed by atoms with E-state index < -0.39 is 26.7 Å². The van der Waals surface area contributed by atoms with Crippen molar-refractivity contribution in [3.05, 3.63) is 21.8 Å². The summed E-state index contributed by atoms with van der Waals surface area (Å²) in [6.45, 7) is 21.7. The van der Waals surface area contributed by atoms with Gasteiger partial charge in [0.15, 0.2) is 0 Å². The minimum atomic E-state index is -2.13. The van der Waals surface area contributed by atoms with Crippen molar-refractivity contribution >= 4 is 26.7 Å². The van der Waals surface area contributed by atoms with Gasteiger partial charge in [0.1, 0.15) is 0 Å². The fraction of sp³-hybridized carbons (Fsp3) is 0.833. The van der Waals surface area contributed by atoms with Gasteiger partial charge in [0.2, 0.25) is 0 Å². The van der Waals surface area contributed by atoms with E-state index in [0.717, 1.165) is 6.61 Å². The van der Waals surface area contributed by atoms with E-state index in [1.165, 1.54) is 44.1 Å². The van der Waals surface area contributed by atoms with Crippen LogP contribution in [0.25, 0.3) is 0 Å². The van der Waals surface area contributed by atoms with Gasteiger partial charge in [-0.2, -0.15) is 0 Å². The van der Waals surface area contributed by atoms with Gasteiger partial charge in [0.25, 0.3) is 0 Å². The predicted molar refractivity (Wildman–Crippen MR) is 131 cm³/mol. The molecular formula is C24H50OSiSn. The summed E-state index contributed by atoms with van der Waals surface area (Å²) < 4.78 is 13.8. The zero-order valence-electron chi connectivity index (χ0n) is 20.2.